The topological polar surface area (TPSA) is 70.2 Å². The number of hydrogen-bond donors (Lipinski definition) is 3. The van der Waals surface area contributed by atoms with E-state index < -0.39 is 0 Å². The molecule has 18 heavy (non-hydrogen) atoms. The Morgan fingerprint density at radius 3 is 2.61 bits per heavy atom. The van der Waals surface area contributed by atoms with Gasteiger partial charge >= 0.3 is 0 Å². The van der Waals surface area contributed by atoms with Crippen LogP contribution in [-0.2, 0) is 4.79 Å². The molecule has 0 spiro atoms. The molecule has 1 aromatic rings. The van der Waals surface area contributed by atoms with Crippen LogP contribution in [0.15, 0.2) is 28.7 Å². The van der Waals surface area contributed by atoms with Crippen molar-refractivity contribution in [3.63, 3.8) is 0 Å². The standard InChI is InChI=1S/C12H16BrN3O2/c1-14-8-11(17)15-5-6-16-12(18)9-3-2-4-10(13)7-9/h2-4,7,14H,5-6,8H2,1H3,(H,15,17)(H,16,18). The van der Waals surface area contributed by atoms with Crippen LogP contribution >= 0.6 is 15.9 Å². The predicted octanol–water partition coefficient (Wildman–Crippen LogP) is 0.514. The third-order valence-corrected chi connectivity index (χ3v) is 2.65. The van der Waals surface area contributed by atoms with E-state index in [-0.39, 0.29) is 18.4 Å². The van der Waals surface area contributed by atoms with E-state index >= 15 is 0 Å². The number of rotatable bonds is 6. The van der Waals surface area contributed by atoms with Gasteiger partial charge in [0.15, 0.2) is 0 Å². The lowest BCUT2D eigenvalue weighted by Gasteiger charge is -2.07. The maximum absolute atomic E-state index is 11.7. The van der Waals surface area contributed by atoms with E-state index in [4.69, 9.17) is 0 Å². The van der Waals surface area contributed by atoms with Gasteiger partial charge in [0.2, 0.25) is 5.91 Å². The molecular weight excluding hydrogens is 298 g/mol. The molecule has 3 N–H and O–H groups in total. The lowest BCUT2D eigenvalue weighted by atomic mass is 10.2. The fourth-order valence-electron chi connectivity index (χ4n) is 1.33. The molecule has 0 unspecified atom stereocenters. The summed E-state index contributed by atoms with van der Waals surface area (Å²) < 4.78 is 0.859. The van der Waals surface area contributed by atoms with Crippen molar-refractivity contribution >= 4 is 27.7 Å². The third kappa shape index (κ3) is 5.29. The summed E-state index contributed by atoms with van der Waals surface area (Å²) in [5, 5.41) is 8.15. The molecule has 1 aromatic carbocycles. The molecule has 0 saturated heterocycles. The van der Waals surface area contributed by atoms with Crippen LogP contribution < -0.4 is 16.0 Å². The van der Waals surface area contributed by atoms with Crippen LogP contribution in [0.1, 0.15) is 10.4 Å². The summed E-state index contributed by atoms with van der Waals surface area (Å²) in [7, 11) is 1.70. The molecule has 0 aromatic heterocycles. The lowest BCUT2D eigenvalue weighted by Crippen LogP contribution is -2.38. The summed E-state index contributed by atoms with van der Waals surface area (Å²) in [6.45, 7) is 1.10. The highest BCUT2D eigenvalue weighted by Crippen LogP contribution is 2.11. The van der Waals surface area contributed by atoms with Crippen LogP contribution in [0.4, 0.5) is 0 Å². The second-order valence-electron chi connectivity index (χ2n) is 3.65. The highest BCUT2D eigenvalue weighted by Gasteiger charge is 2.05. The van der Waals surface area contributed by atoms with Crippen LogP contribution in [0.25, 0.3) is 0 Å². The molecule has 0 atom stereocenters. The number of carbonyl (C=O) groups is 2. The first-order chi connectivity index (χ1) is 8.63. The van der Waals surface area contributed by atoms with Crippen molar-refractivity contribution in [1.29, 1.82) is 0 Å². The lowest BCUT2D eigenvalue weighted by molar-refractivity contribution is -0.120. The summed E-state index contributed by atoms with van der Waals surface area (Å²) in [5.74, 6) is -0.242. The number of halogens is 1. The largest absolute Gasteiger partial charge is 0.353 e. The zero-order valence-electron chi connectivity index (χ0n) is 10.1. The molecule has 0 saturated carbocycles. The summed E-state index contributed by atoms with van der Waals surface area (Å²) >= 11 is 3.30. The van der Waals surface area contributed by atoms with Crippen LogP contribution in [0.2, 0.25) is 0 Å². The molecule has 0 aliphatic heterocycles. The van der Waals surface area contributed by atoms with Gasteiger partial charge in [0.05, 0.1) is 6.54 Å². The Bertz CT molecular complexity index is 424. The van der Waals surface area contributed by atoms with Crippen molar-refractivity contribution in [2.45, 2.75) is 0 Å². The molecule has 0 heterocycles. The summed E-state index contributed by atoms with van der Waals surface area (Å²) in [5.41, 5.74) is 0.589. The molecule has 2 amide bonds. The Morgan fingerprint density at radius 2 is 1.94 bits per heavy atom. The van der Waals surface area contributed by atoms with Gasteiger partial charge in [-0.1, -0.05) is 22.0 Å². The highest BCUT2D eigenvalue weighted by molar-refractivity contribution is 9.10. The quantitative estimate of drug-likeness (QED) is 0.670. The minimum absolute atomic E-state index is 0.0887. The smallest absolute Gasteiger partial charge is 0.251 e. The monoisotopic (exact) mass is 313 g/mol. The van der Waals surface area contributed by atoms with E-state index in [1.807, 2.05) is 6.07 Å². The Morgan fingerprint density at radius 1 is 1.22 bits per heavy atom. The number of hydrogen-bond acceptors (Lipinski definition) is 3. The van der Waals surface area contributed by atoms with Gasteiger partial charge in [-0.05, 0) is 25.2 Å². The van der Waals surface area contributed by atoms with Gasteiger partial charge in [0.25, 0.3) is 5.91 Å². The fourth-order valence-corrected chi connectivity index (χ4v) is 1.73. The molecule has 1 rings (SSSR count). The molecule has 0 aliphatic carbocycles. The summed E-state index contributed by atoms with van der Waals surface area (Å²) in [6, 6.07) is 7.14. The zero-order valence-corrected chi connectivity index (χ0v) is 11.7. The van der Waals surface area contributed by atoms with Gasteiger partial charge in [-0.25, -0.2) is 0 Å². The minimum Gasteiger partial charge on any atom is -0.353 e. The molecule has 0 bridgehead atoms. The first-order valence-electron chi connectivity index (χ1n) is 5.58. The highest BCUT2D eigenvalue weighted by atomic mass is 79.9. The SMILES string of the molecule is CNCC(=O)NCCNC(=O)c1cccc(Br)c1. The zero-order chi connectivity index (χ0) is 13.4. The van der Waals surface area contributed by atoms with Crippen LogP contribution in [0.5, 0.6) is 0 Å². The second kappa shape index (κ2) is 7.84. The molecule has 98 valence electrons. The number of nitrogens with one attached hydrogen (secondary N) is 3. The predicted molar refractivity (Wildman–Crippen MR) is 73.4 cm³/mol. The molecule has 0 radical (unpaired) electrons. The van der Waals surface area contributed by atoms with Crippen LogP contribution in [0.3, 0.4) is 0 Å². The molecule has 0 aliphatic rings. The van der Waals surface area contributed by atoms with Crippen molar-refractivity contribution in [2.24, 2.45) is 0 Å². The Balaban J connectivity index is 2.27. The van der Waals surface area contributed by atoms with E-state index in [0.717, 1.165) is 4.47 Å². The van der Waals surface area contributed by atoms with Gasteiger partial charge in [-0.2, -0.15) is 0 Å². The fraction of sp³-hybridized carbons (Fsp3) is 0.333. The Hall–Kier alpha value is -1.40. The third-order valence-electron chi connectivity index (χ3n) is 2.16. The number of amides is 2. The summed E-state index contributed by atoms with van der Waals surface area (Å²) in [6.07, 6.45) is 0. The van der Waals surface area contributed by atoms with Crippen LogP contribution in [0, 0.1) is 0 Å². The van der Waals surface area contributed by atoms with Crippen LogP contribution in [-0.4, -0.2) is 38.5 Å². The maximum Gasteiger partial charge on any atom is 0.251 e. The first-order valence-corrected chi connectivity index (χ1v) is 6.38. The second-order valence-corrected chi connectivity index (χ2v) is 4.56. The number of benzene rings is 1. The molecule has 0 fully saturated rings. The van der Waals surface area contributed by atoms with Crippen molar-refractivity contribution in [3.05, 3.63) is 34.3 Å². The first kappa shape index (κ1) is 14.7. The molecule has 5 nitrogen and oxygen atoms in total. The molecular formula is C12H16BrN3O2. The average Bonchev–Trinajstić information content (AvgIpc) is 2.35. The van der Waals surface area contributed by atoms with E-state index in [9.17, 15) is 9.59 Å². The van der Waals surface area contributed by atoms with Crippen molar-refractivity contribution in [2.75, 3.05) is 26.7 Å². The van der Waals surface area contributed by atoms with Gasteiger partial charge in [0, 0.05) is 23.1 Å². The van der Waals surface area contributed by atoms with E-state index in [0.29, 0.717) is 18.7 Å². The number of likely N-dealkylation sites (N-methyl/N-ethyl adjacent to an activating group) is 1. The van der Waals surface area contributed by atoms with Gasteiger partial charge in [0.1, 0.15) is 0 Å². The van der Waals surface area contributed by atoms with E-state index in [1.54, 1.807) is 25.2 Å². The minimum atomic E-state index is -0.154. The average molecular weight is 314 g/mol. The maximum atomic E-state index is 11.7. The van der Waals surface area contributed by atoms with E-state index in [1.165, 1.54) is 0 Å². The van der Waals surface area contributed by atoms with Crippen molar-refractivity contribution in [1.82, 2.24) is 16.0 Å². The van der Waals surface area contributed by atoms with Crippen molar-refractivity contribution < 1.29 is 9.59 Å². The van der Waals surface area contributed by atoms with Gasteiger partial charge < -0.3 is 16.0 Å². The summed E-state index contributed by atoms with van der Waals surface area (Å²) in [4.78, 5) is 22.8. The number of carbonyl (C=O) groups excluding carboxylic acids is 2. The van der Waals surface area contributed by atoms with Gasteiger partial charge in [-0.3, -0.25) is 9.59 Å². The van der Waals surface area contributed by atoms with Crippen molar-refractivity contribution in [3.8, 4) is 0 Å². The Labute approximate surface area is 114 Å². The van der Waals surface area contributed by atoms with E-state index in [2.05, 4.69) is 31.9 Å². The molecule has 6 heteroatoms. The van der Waals surface area contributed by atoms with Gasteiger partial charge in [-0.15, -0.1) is 0 Å². The Kier molecular flexibility index (Phi) is 6.38. The normalized spacial score (nSPS) is 9.89.